The molecule has 0 aliphatic carbocycles. The van der Waals surface area contributed by atoms with E-state index in [0.717, 1.165) is 18.7 Å². The van der Waals surface area contributed by atoms with Gasteiger partial charge in [0.15, 0.2) is 6.79 Å². The molecule has 1 atom stereocenters. The number of hydrogen-bond donors (Lipinski definition) is 1. The van der Waals surface area contributed by atoms with Crippen LogP contribution in [0.25, 0.3) is 0 Å². The number of aliphatic hydroxyl groups is 1. The first-order chi connectivity index (χ1) is 8.61. The van der Waals surface area contributed by atoms with Crippen LogP contribution in [-0.2, 0) is 22.3 Å². The van der Waals surface area contributed by atoms with E-state index < -0.39 is 18.6 Å². The summed E-state index contributed by atoms with van der Waals surface area (Å²) in [7, 11) is 2.51. The number of rotatable bonds is 5. The smallest absolute Gasteiger partial charge is 0.369 e. The molecule has 110 valence electrons. The summed E-state index contributed by atoms with van der Waals surface area (Å²) in [5.74, 6) is 0. The minimum absolute atomic E-state index is 0.175. The largest absolute Gasteiger partial charge is 0.425 e. The van der Waals surface area contributed by atoms with E-state index in [9.17, 15) is 13.2 Å². The van der Waals surface area contributed by atoms with Crippen LogP contribution in [0.2, 0.25) is 0 Å². The summed E-state index contributed by atoms with van der Waals surface area (Å²) < 4.78 is 40.9. The van der Waals surface area contributed by atoms with Gasteiger partial charge in [-0.3, -0.25) is 9.52 Å². The molecule has 0 aliphatic rings. The van der Waals surface area contributed by atoms with Crippen molar-refractivity contribution in [2.24, 2.45) is 7.05 Å². The minimum Gasteiger partial charge on any atom is -0.369 e. The van der Waals surface area contributed by atoms with Crippen molar-refractivity contribution in [1.82, 2.24) is 15.0 Å². The quantitative estimate of drug-likeness (QED) is 0.651. The monoisotopic (exact) mass is 283 g/mol. The summed E-state index contributed by atoms with van der Waals surface area (Å²) in [5.41, 5.74) is -2.39. The number of aromatic nitrogens is 2. The molecule has 0 spiro atoms. The Bertz CT molecular complexity index is 435. The molecule has 0 fully saturated rings. The Morgan fingerprint density at radius 2 is 2.05 bits per heavy atom. The van der Waals surface area contributed by atoms with Crippen molar-refractivity contribution >= 4 is 0 Å². The molecule has 1 N–H and O–H groups in total. The lowest BCUT2D eigenvalue weighted by Crippen LogP contribution is -2.47. The second-order valence-corrected chi connectivity index (χ2v) is 4.11. The predicted octanol–water partition coefficient (Wildman–Crippen LogP) is 1.25. The Kier molecular flexibility index (Phi) is 4.56. The summed E-state index contributed by atoms with van der Waals surface area (Å²) in [6.45, 7) is 1.64. The van der Waals surface area contributed by atoms with Crippen molar-refractivity contribution in [1.29, 1.82) is 0 Å². The molecule has 1 aromatic heterocycles. The lowest BCUT2D eigenvalue weighted by atomic mass is 10.0. The molecule has 6 nitrogen and oxygen atoms in total. The molecule has 0 aromatic carbocycles. The van der Waals surface area contributed by atoms with E-state index in [1.807, 2.05) is 0 Å². The molecule has 19 heavy (non-hydrogen) atoms. The van der Waals surface area contributed by atoms with E-state index in [0.29, 0.717) is 10.9 Å². The molecular formula is C10H16F3N3O3. The minimum atomic E-state index is -4.69. The zero-order valence-electron chi connectivity index (χ0n) is 11.0. The van der Waals surface area contributed by atoms with Crippen LogP contribution in [-0.4, -0.2) is 40.1 Å². The Morgan fingerprint density at radius 1 is 1.47 bits per heavy atom. The summed E-state index contributed by atoms with van der Waals surface area (Å²) in [4.78, 5) is 9.23. The van der Waals surface area contributed by atoms with Gasteiger partial charge in [-0.2, -0.15) is 18.3 Å². The average molecular weight is 283 g/mol. The van der Waals surface area contributed by atoms with Gasteiger partial charge in [0.05, 0.1) is 11.4 Å². The van der Waals surface area contributed by atoms with Crippen molar-refractivity contribution in [3.63, 3.8) is 0 Å². The first-order valence-electron chi connectivity index (χ1n) is 5.36. The number of hydroxylamine groups is 2. The van der Waals surface area contributed by atoms with E-state index in [-0.39, 0.29) is 5.69 Å². The summed E-state index contributed by atoms with van der Waals surface area (Å²) >= 11 is 0. The number of halogens is 3. The molecule has 1 heterocycles. The van der Waals surface area contributed by atoms with Gasteiger partial charge in [-0.25, -0.2) is 4.84 Å². The predicted molar refractivity (Wildman–Crippen MR) is 58.4 cm³/mol. The van der Waals surface area contributed by atoms with Crippen LogP contribution in [0.5, 0.6) is 0 Å². The standard InChI is InChI=1S/C10H16F3N3O3/c1-7-5-8(15(3)14-7)9(2,10(11,12)13)19-16(4)18-6-17/h5,17H,6H2,1-4H3. The molecule has 0 amide bonds. The number of alkyl halides is 3. The zero-order chi connectivity index (χ0) is 14.8. The molecule has 0 saturated carbocycles. The van der Waals surface area contributed by atoms with Crippen molar-refractivity contribution in [2.45, 2.75) is 25.6 Å². The highest BCUT2D eigenvalue weighted by molar-refractivity contribution is 5.18. The number of hydrogen-bond acceptors (Lipinski definition) is 5. The van der Waals surface area contributed by atoms with Gasteiger partial charge in [0.1, 0.15) is 0 Å². The molecule has 0 radical (unpaired) electrons. The fourth-order valence-corrected chi connectivity index (χ4v) is 1.67. The highest BCUT2D eigenvalue weighted by Crippen LogP contribution is 2.42. The second kappa shape index (κ2) is 5.45. The van der Waals surface area contributed by atoms with Crippen LogP contribution in [0, 0.1) is 6.92 Å². The van der Waals surface area contributed by atoms with Crippen LogP contribution < -0.4 is 0 Å². The number of aliphatic hydroxyl groups excluding tert-OH is 1. The van der Waals surface area contributed by atoms with Crippen molar-refractivity contribution in [2.75, 3.05) is 13.8 Å². The van der Waals surface area contributed by atoms with Crippen molar-refractivity contribution in [3.05, 3.63) is 17.5 Å². The van der Waals surface area contributed by atoms with E-state index in [2.05, 4.69) is 9.94 Å². The average Bonchev–Trinajstić information content (AvgIpc) is 2.56. The molecule has 0 bridgehead atoms. The van der Waals surface area contributed by atoms with Gasteiger partial charge in [-0.1, -0.05) is 5.23 Å². The van der Waals surface area contributed by atoms with Gasteiger partial charge in [0.2, 0.25) is 5.60 Å². The third kappa shape index (κ3) is 3.24. The molecule has 0 aliphatic heterocycles. The number of nitrogens with zero attached hydrogens (tertiary/aromatic N) is 3. The molecule has 1 rings (SSSR count). The lowest BCUT2D eigenvalue weighted by Gasteiger charge is -2.34. The van der Waals surface area contributed by atoms with Crippen molar-refractivity contribution < 1.29 is 28.0 Å². The summed E-state index contributed by atoms with van der Waals surface area (Å²) in [5, 5.41) is 12.9. The fourth-order valence-electron chi connectivity index (χ4n) is 1.67. The third-order valence-corrected chi connectivity index (χ3v) is 2.58. The lowest BCUT2D eigenvalue weighted by molar-refractivity contribution is -0.452. The van der Waals surface area contributed by atoms with Crippen LogP contribution in [0.15, 0.2) is 6.07 Å². The summed E-state index contributed by atoms with van der Waals surface area (Å²) in [6.07, 6.45) is -4.69. The molecule has 1 unspecified atom stereocenters. The van der Waals surface area contributed by atoms with E-state index in [4.69, 9.17) is 9.94 Å². The van der Waals surface area contributed by atoms with E-state index >= 15 is 0 Å². The third-order valence-electron chi connectivity index (χ3n) is 2.58. The molecular weight excluding hydrogens is 267 g/mol. The summed E-state index contributed by atoms with van der Waals surface area (Å²) in [6, 6.07) is 1.28. The van der Waals surface area contributed by atoms with Gasteiger partial charge < -0.3 is 5.11 Å². The first-order valence-corrected chi connectivity index (χ1v) is 5.36. The van der Waals surface area contributed by atoms with E-state index in [1.54, 1.807) is 6.92 Å². The van der Waals surface area contributed by atoms with Gasteiger partial charge in [-0.15, -0.1) is 0 Å². The van der Waals surface area contributed by atoms with Crippen LogP contribution in [0.3, 0.4) is 0 Å². The first kappa shape index (κ1) is 15.9. The maximum Gasteiger partial charge on any atom is 0.425 e. The van der Waals surface area contributed by atoms with Gasteiger partial charge in [-0.05, 0) is 19.9 Å². The topological polar surface area (TPSA) is 59.8 Å². The second-order valence-electron chi connectivity index (χ2n) is 4.11. The Labute approximate surface area is 108 Å². The Hall–Kier alpha value is -1.16. The highest BCUT2D eigenvalue weighted by atomic mass is 19.4. The SMILES string of the molecule is Cc1cc(C(C)(ON(C)OCO)C(F)(F)F)n(C)n1. The molecule has 1 aromatic rings. The Balaban J connectivity index is 3.17. The van der Waals surface area contributed by atoms with Gasteiger partial charge >= 0.3 is 6.18 Å². The maximum absolute atomic E-state index is 13.3. The molecule has 9 heteroatoms. The fraction of sp³-hybridized carbons (Fsp3) is 0.700. The number of aryl methyl sites for hydroxylation is 2. The zero-order valence-corrected chi connectivity index (χ0v) is 11.0. The van der Waals surface area contributed by atoms with Crippen LogP contribution in [0.1, 0.15) is 18.3 Å². The van der Waals surface area contributed by atoms with E-state index in [1.165, 1.54) is 13.1 Å². The van der Waals surface area contributed by atoms with Gasteiger partial charge in [0, 0.05) is 14.1 Å². The maximum atomic E-state index is 13.3. The highest BCUT2D eigenvalue weighted by Gasteiger charge is 2.57. The normalized spacial score (nSPS) is 15.8. The van der Waals surface area contributed by atoms with Crippen molar-refractivity contribution in [3.8, 4) is 0 Å². The van der Waals surface area contributed by atoms with Crippen LogP contribution >= 0.6 is 0 Å². The van der Waals surface area contributed by atoms with Gasteiger partial charge in [0.25, 0.3) is 0 Å². The van der Waals surface area contributed by atoms with Crippen LogP contribution in [0.4, 0.5) is 13.2 Å². The molecule has 0 saturated heterocycles. The Morgan fingerprint density at radius 3 is 2.42 bits per heavy atom.